The van der Waals surface area contributed by atoms with E-state index in [0.29, 0.717) is 5.92 Å². The van der Waals surface area contributed by atoms with Crippen LogP contribution < -0.4 is 5.73 Å². The van der Waals surface area contributed by atoms with Crippen LogP contribution in [0.1, 0.15) is 49.8 Å². The SMILES string of the molecule is CC1CCC(C(N)c2cc(F)ccc2C(F)(F)F)CC1. The van der Waals surface area contributed by atoms with E-state index < -0.39 is 23.6 Å². The Morgan fingerprint density at radius 2 is 1.75 bits per heavy atom. The molecule has 5 heteroatoms. The molecule has 2 N–H and O–H groups in total. The van der Waals surface area contributed by atoms with Crippen molar-refractivity contribution in [1.82, 2.24) is 0 Å². The van der Waals surface area contributed by atoms with Gasteiger partial charge in [-0.25, -0.2) is 4.39 Å². The third-order valence-electron chi connectivity index (χ3n) is 4.25. The van der Waals surface area contributed by atoms with E-state index in [1.54, 1.807) is 0 Å². The molecule has 1 unspecified atom stereocenters. The van der Waals surface area contributed by atoms with Crippen LogP contribution in [0.4, 0.5) is 17.6 Å². The van der Waals surface area contributed by atoms with Gasteiger partial charge in [-0.15, -0.1) is 0 Å². The molecule has 0 bridgehead atoms. The molecule has 2 rings (SSSR count). The summed E-state index contributed by atoms with van der Waals surface area (Å²) in [5, 5.41) is 0. The summed E-state index contributed by atoms with van der Waals surface area (Å²) in [6.07, 6.45) is -0.959. The molecule has 0 aromatic heterocycles. The smallest absolute Gasteiger partial charge is 0.324 e. The van der Waals surface area contributed by atoms with Crippen molar-refractivity contribution in [2.24, 2.45) is 17.6 Å². The summed E-state index contributed by atoms with van der Waals surface area (Å²) >= 11 is 0. The van der Waals surface area contributed by atoms with E-state index >= 15 is 0 Å². The molecule has 0 spiro atoms. The van der Waals surface area contributed by atoms with Gasteiger partial charge in [0.25, 0.3) is 0 Å². The molecule has 0 radical (unpaired) electrons. The van der Waals surface area contributed by atoms with Gasteiger partial charge in [0.15, 0.2) is 0 Å². The van der Waals surface area contributed by atoms with E-state index in [2.05, 4.69) is 6.92 Å². The van der Waals surface area contributed by atoms with Crippen LogP contribution in [0.5, 0.6) is 0 Å². The fourth-order valence-electron chi connectivity index (χ4n) is 2.97. The summed E-state index contributed by atoms with van der Waals surface area (Å²) in [4.78, 5) is 0. The Kier molecular flexibility index (Phi) is 4.37. The fraction of sp³-hybridized carbons (Fsp3) is 0.600. The van der Waals surface area contributed by atoms with Gasteiger partial charge < -0.3 is 5.73 Å². The maximum absolute atomic E-state index is 13.3. The topological polar surface area (TPSA) is 26.0 Å². The predicted molar refractivity (Wildman–Crippen MR) is 69.5 cm³/mol. The highest BCUT2D eigenvalue weighted by molar-refractivity contribution is 5.33. The van der Waals surface area contributed by atoms with Crippen LogP contribution in [0.2, 0.25) is 0 Å². The normalized spacial score (nSPS) is 25.5. The monoisotopic (exact) mass is 289 g/mol. The minimum absolute atomic E-state index is 0.00546. The van der Waals surface area contributed by atoms with Crippen LogP contribution in [-0.4, -0.2) is 0 Å². The summed E-state index contributed by atoms with van der Waals surface area (Å²) < 4.78 is 52.3. The lowest BCUT2D eigenvalue weighted by Gasteiger charge is -2.32. The van der Waals surface area contributed by atoms with Crippen LogP contribution in [0.25, 0.3) is 0 Å². The molecule has 0 heterocycles. The first kappa shape index (κ1) is 15.3. The average molecular weight is 289 g/mol. The minimum Gasteiger partial charge on any atom is -0.324 e. The summed E-state index contributed by atoms with van der Waals surface area (Å²) in [6, 6.07) is 1.80. The molecule has 1 fully saturated rings. The van der Waals surface area contributed by atoms with Crippen LogP contribution in [0, 0.1) is 17.7 Å². The Morgan fingerprint density at radius 3 is 2.30 bits per heavy atom. The largest absolute Gasteiger partial charge is 0.416 e. The van der Waals surface area contributed by atoms with E-state index in [9.17, 15) is 17.6 Å². The highest BCUT2D eigenvalue weighted by atomic mass is 19.4. The van der Waals surface area contributed by atoms with E-state index in [1.807, 2.05) is 0 Å². The van der Waals surface area contributed by atoms with Gasteiger partial charge in [-0.3, -0.25) is 0 Å². The molecule has 1 aromatic rings. The van der Waals surface area contributed by atoms with Gasteiger partial charge in [-0.1, -0.05) is 19.8 Å². The lowest BCUT2D eigenvalue weighted by Crippen LogP contribution is -2.27. The fourth-order valence-corrected chi connectivity index (χ4v) is 2.97. The molecule has 0 aliphatic heterocycles. The molecule has 1 atom stereocenters. The maximum Gasteiger partial charge on any atom is 0.416 e. The quantitative estimate of drug-likeness (QED) is 0.787. The molecule has 0 saturated heterocycles. The number of halogens is 4. The van der Waals surface area contributed by atoms with Gasteiger partial charge in [-0.2, -0.15) is 13.2 Å². The van der Waals surface area contributed by atoms with Crippen LogP contribution in [0.3, 0.4) is 0 Å². The standard InChI is InChI=1S/C15H19F4N/c1-9-2-4-10(5-3-9)14(20)12-8-11(16)6-7-13(12)15(17,18)19/h6-10,14H,2-5,20H2,1H3. The van der Waals surface area contributed by atoms with E-state index in [0.717, 1.165) is 43.9 Å². The third-order valence-corrected chi connectivity index (χ3v) is 4.25. The molecule has 112 valence electrons. The highest BCUT2D eigenvalue weighted by Gasteiger charge is 2.36. The van der Waals surface area contributed by atoms with Gasteiger partial charge >= 0.3 is 6.18 Å². The van der Waals surface area contributed by atoms with Crippen molar-refractivity contribution < 1.29 is 17.6 Å². The Morgan fingerprint density at radius 1 is 1.15 bits per heavy atom. The summed E-state index contributed by atoms with van der Waals surface area (Å²) in [5.74, 6) is -0.0882. The molecular weight excluding hydrogens is 270 g/mol. The van der Waals surface area contributed by atoms with Gasteiger partial charge in [-0.05, 0) is 48.4 Å². The van der Waals surface area contributed by atoms with Crippen LogP contribution >= 0.6 is 0 Å². The molecule has 1 nitrogen and oxygen atoms in total. The van der Waals surface area contributed by atoms with E-state index in [4.69, 9.17) is 5.73 Å². The second-order valence-corrected chi connectivity index (χ2v) is 5.78. The number of nitrogens with two attached hydrogens (primary N) is 1. The molecule has 20 heavy (non-hydrogen) atoms. The number of rotatable bonds is 2. The summed E-state index contributed by atoms with van der Waals surface area (Å²) in [5.41, 5.74) is 5.09. The van der Waals surface area contributed by atoms with E-state index in [-0.39, 0.29) is 11.5 Å². The molecule has 1 aliphatic carbocycles. The minimum atomic E-state index is -4.50. The van der Waals surface area contributed by atoms with Crippen LogP contribution in [0.15, 0.2) is 18.2 Å². The molecule has 1 aliphatic rings. The molecule has 1 saturated carbocycles. The van der Waals surface area contributed by atoms with Crippen molar-refractivity contribution in [3.8, 4) is 0 Å². The number of hydrogen-bond donors (Lipinski definition) is 1. The van der Waals surface area contributed by atoms with E-state index in [1.165, 1.54) is 0 Å². The lowest BCUT2D eigenvalue weighted by atomic mass is 9.77. The van der Waals surface area contributed by atoms with Crippen molar-refractivity contribution in [2.45, 2.75) is 44.8 Å². The summed E-state index contributed by atoms with van der Waals surface area (Å²) in [6.45, 7) is 2.13. The number of benzene rings is 1. The molecular formula is C15H19F4N. The zero-order valence-electron chi connectivity index (χ0n) is 11.4. The lowest BCUT2D eigenvalue weighted by molar-refractivity contribution is -0.138. The van der Waals surface area contributed by atoms with Crippen molar-refractivity contribution in [3.63, 3.8) is 0 Å². The number of hydrogen-bond acceptors (Lipinski definition) is 1. The molecule has 0 amide bonds. The average Bonchev–Trinajstić information content (AvgIpc) is 2.37. The van der Waals surface area contributed by atoms with Crippen molar-refractivity contribution >= 4 is 0 Å². The number of alkyl halides is 3. The van der Waals surface area contributed by atoms with Gasteiger partial charge in [0.1, 0.15) is 5.82 Å². The first-order valence-electron chi connectivity index (χ1n) is 6.91. The van der Waals surface area contributed by atoms with Crippen LogP contribution in [-0.2, 0) is 6.18 Å². The highest BCUT2D eigenvalue weighted by Crippen LogP contribution is 2.40. The summed E-state index contributed by atoms with van der Waals surface area (Å²) in [7, 11) is 0. The predicted octanol–water partition coefficient (Wildman–Crippen LogP) is 4.67. The Balaban J connectivity index is 2.29. The first-order chi connectivity index (χ1) is 9.29. The zero-order chi connectivity index (χ0) is 14.9. The van der Waals surface area contributed by atoms with Crippen molar-refractivity contribution in [3.05, 3.63) is 35.1 Å². The van der Waals surface area contributed by atoms with Crippen molar-refractivity contribution in [1.29, 1.82) is 0 Å². The second kappa shape index (κ2) is 5.72. The van der Waals surface area contributed by atoms with Gasteiger partial charge in [0.2, 0.25) is 0 Å². The van der Waals surface area contributed by atoms with Gasteiger partial charge in [0.05, 0.1) is 5.56 Å². The third kappa shape index (κ3) is 3.32. The van der Waals surface area contributed by atoms with Crippen molar-refractivity contribution in [2.75, 3.05) is 0 Å². The zero-order valence-corrected chi connectivity index (χ0v) is 11.4. The Bertz CT molecular complexity index is 461. The maximum atomic E-state index is 13.3. The van der Waals surface area contributed by atoms with Gasteiger partial charge in [0, 0.05) is 6.04 Å². The molecule has 1 aromatic carbocycles. The Labute approximate surface area is 116 Å². The first-order valence-corrected chi connectivity index (χ1v) is 6.91. The Hall–Kier alpha value is -1.10. The second-order valence-electron chi connectivity index (χ2n) is 5.78.